The Hall–Kier alpha value is -4.67. The molecule has 1 fully saturated rings. The molecule has 5 aromatic rings. The van der Waals surface area contributed by atoms with E-state index in [1.54, 1.807) is 48.3 Å². The summed E-state index contributed by atoms with van der Waals surface area (Å²) in [5, 5.41) is 10.5. The lowest BCUT2D eigenvalue weighted by Crippen LogP contribution is -2.58. The van der Waals surface area contributed by atoms with Crippen LogP contribution in [-0.2, 0) is 7.05 Å². The van der Waals surface area contributed by atoms with Gasteiger partial charge in [-0.3, -0.25) is 9.89 Å². The highest BCUT2D eigenvalue weighted by Gasteiger charge is 2.46. The third kappa shape index (κ3) is 4.18. The molecule has 186 valence electrons. The fraction of sp³-hybridized carbons (Fsp3) is 0.154. The summed E-state index contributed by atoms with van der Waals surface area (Å²) in [6.45, 7) is -1.16. The molecule has 0 atom stereocenters. The SMILES string of the molecule is Cn1c(C(=O)N2CC(F)(F)C2)cc2ccc(-c3ncc(F)c(Nc4ccc(-c5cn[nH]c5)cc4)n3)cc21. The van der Waals surface area contributed by atoms with Crippen molar-refractivity contribution >= 4 is 28.3 Å². The number of H-pyrrole nitrogens is 1. The van der Waals surface area contributed by atoms with Crippen molar-refractivity contribution in [2.24, 2.45) is 7.05 Å². The smallest absolute Gasteiger partial charge is 0.282 e. The molecule has 1 aliphatic heterocycles. The number of carbonyl (C=O) groups is 1. The van der Waals surface area contributed by atoms with Crippen LogP contribution in [0.25, 0.3) is 33.4 Å². The molecular formula is C26H20F3N7O. The van der Waals surface area contributed by atoms with E-state index in [9.17, 15) is 18.0 Å². The van der Waals surface area contributed by atoms with Crippen LogP contribution in [0, 0.1) is 5.82 Å². The van der Waals surface area contributed by atoms with E-state index in [0.29, 0.717) is 22.5 Å². The van der Waals surface area contributed by atoms with Gasteiger partial charge in [0, 0.05) is 41.0 Å². The van der Waals surface area contributed by atoms with E-state index in [2.05, 4.69) is 25.5 Å². The van der Waals surface area contributed by atoms with Crippen molar-refractivity contribution in [3.05, 3.63) is 78.6 Å². The van der Waals surface area contributed by atoms with Crippen molar-refractivity contribution < 1.29 is 18.0 Å². The van der Waals surface area contributed by atoms with Crippen molar-refractivity contribution in [3.8, 4) is 22.5 Å². The molecule has 4 heterocycles. The third-order valence-electron chi connectivity index (χ3n) is 6.38. The molecule has 0 radical (unpaired) electrons. The van der Waals surface area contributed by atoms with E-state index in [1.165, 1.54) is 0 Å². The van der Waals surface area contributed by atoms with Crippen molar-refractivity contribution in [1.82, 2.24) is 29.6 Å². The summed E-state index contributed by atoms with van der Waals surface area (Å²) < 4.78 is 42.7. The van der Waals surface area contributed by atoms with Gasteiger partial charge >= 0.3 is 0 Å². The van der Waals surface area contributed by atoms with Crippen LogP contribution in [0.15, 0.2) is 67.1 Å². The Bertz CT molecular complexity index is 1620. The number of rotatable bonds is 5. The molecule has 2 N–H and O–H groups in total. The fourth-order valence-corrected chi connectivity index (χ4v) is 4.38. The number of fused-ring (bicyclic) bond motifs is 1. The number of anilines is 2. The predicted octanol–water partition coefficient (Wildman–Crippen LogP) is 5.00. The molecule has 8 nitrogen and oxygen atoms in total. The highest BCUT2D eigenvalue weighted by atomic mass is 19.3. The second-order valence-electron chi connectivity index (χ2n) is 8.96. The van der Waals surface area contributed by atoms with Crippen molar-refractivity contribution in [2.75, 3.05) is 18.4 Å². The Labute approximate surface area is 208 Å². The molecule has 6 rings (SSSR count). The number of carbonyl (C=O) groups excluding carboxylic acids is 1. The molecule has 3 aromatic heterocycles. The molecule has 0 bridgehead atoms. The van der Waals surface area contributed by atoms with Gasteiger partial charge in [-0.2, -0.15) is 5.10 Å². The quantitative estimate of drug-likeness (QED) is 0.352. The molecular weight excluding hydrogens is 483 g/mol. The lowest BCUT2D eigenvalue weighted by Gasteiger charge is -2.38. The van der Waals surface area contributed by atoms with E-state index in [1.807, 2.05) is 24.3 Å². The number of halogens is 3. The average molecular weight is 503 g/mol. The van der Waals surface area contributed by atoms with Crippen LogP contribution in [0.1, 0.15) is 10.5 Å². The van der Waals surface area contributed by atoms with Gasteiger partial charge in [0.25, 0.3) is 11.8 Å². The zero-order valence-electron chi connectivity index (χ0n) is 19.5. The number of aromatic amines is 1. The van der Waals surface area contributed by atoms with E-state index >= 15 is 0 Å². The van der Waals surface area contributed by atoms with Gasteiger partial charge in [0.05, 0.1) is 25.5 Å². The summed E-state index contributed by atoms with van der Waals surface area (Å²) in [4.78, 5) is 22.3. The zero-order valence-corrected chi connectivity index (χ0v) is 19.5. The molecule has 1 aliphatic rings. The van der Waals surface area contributed by atoms with E-state index < -0.39 is 30.7 Å². The van der Waals surface area contributed by atoms with Gasteiger partial charge in [0.1, 0.15) is 5.69 Å². The second kappa shape index (κ2) is 8.47. The molecule has 0 unspecified atom stereocenters. The number of likely N-dealkylation sites (tertiary alicyclic amines) is 1. The second-order valence-corrected chi connectivity index (χ2v) is 8.96. The van der Waals surface area contributed by atoms with Gasteiger partial charge in [0.15, 0.2) is 17.5 Å². The lowest BCUT2D eigenvalue weighted by atomic mass is 10.1. The molecule has 1 amide bonds. The molecule has 0 spiro atoms. The van der Waals surface area contributed by atoms with Crippen LogP contribution in [-0.4, -0.2) is 54.6 Å². The van der Waals surface area contributed by atoms with Gasteiger partial charge in [0.2, 0.25) is 0 Å². The van der Waals surface area contributed by atoms with E-state index in [4.69, 9.17) is 0 Å². The summed E-state index contributed by atoms with van der Waals surface area (Å²) in [7, 11) is 1.70. The Balaban J connectivity index is 1.27. The number of benzene rings is 2. The Kier molecular flexibility index (Phi) is 5.21. The van der Waals surface area contributed by atoms with Gasteiger partial charge < -0.3 is 14.8 Å². The minimum atomic E-state index is -2.83. The lowest BCUT2D eigenvalue weighted by molar-refractivity contribution is -0.113. The van der Waals surface area contributed by atoms with Crippen molar-refractivity contribution in [3.63, 3.8) is 0 Å². The van der Waals surface area contributed by atoms with Crippen LogP contribution < -0.4 is 5.32 Å². The van der Waals surface area contributed by atoms with Crippen molar-refractivity contribution in [2.45, 2.75) is 5.92 Å². The first kappa shape index (κ1) is 22.8. The minimum absolute atomic E-state index is 0.0163. The Morgan fingerprint density at radius 2 is 1.78 bits per heavy atom. The maximum absolute atomic E-state index is 14.6. The Morgan fingerprint density at radius 3 is 2.49 bits per heavy atom. The number of aryl methyl sites for hydroxylation is 1. The minimum Gasteiger partial charge on any atom is -0.340 e. The first-order valence-electron chi connectivity index (χ1n) is 11.4. The number of nitrogens with zero attached hydrogens (tertiary/aromatic N) is 5. The molecule has 0 aliphatic carbocycles. The van der Waals surface area contributed by atoms with E-state index in [0.717, 1.165) is 27.6 Å². The number of amides is 1. The number of hydrogen-bond donors (Lipinski definition) is 2. The molecule has 37 heavy (non-hydrogen) atoms. The monoisotopic (exact) mass is 503 g/mol. The van der Waals surface area contributed by atoms with Crippen LogP contribution in [0.4, 0.5) is 24.7 Å². The van der Waals surface area contributed by atoms with Crippen molar-refractivity contribution in [1.29, 1.82) is 0 Å². The van der Waals surface area contributed by atoms with Crippen LogP contribution in [0.5, 0.6) is 0 Å². The number of alkyl halides is 2. The van der Waals surface area contributed by atoms with Gasteiger partial charge in [-0.1, -0.05) is 24.3 Å². The normalized spacial score (nSPS) is 14.5. The standard InChI is InChI=1S/C26H20F3N7O/c1-35-21-9-17(3-2-16(21)8-22(35)25(37)36-13-26(28,29)14-36)23-30-12-20(27)24(34-23)33-19-6-4-15(5-7-19)18-10-31-32-11-18/h2-12H,13-14H2,1H3,(H,31,32)(H,30,33,34). The zero-order chi connectivity index (χ0) is 25.7. The maximum atomic E-state index is 14.6. The summed E-state index contributed by atoms with van der Waals surface area (Å²) in [5.74, 6) is -3.59. The fourth-order valence-electron chi connectivity index (χ4n) is 4.38. The number of nitrogens with one attached hydrogen (secondary N) is 2. The molecule has 0 saturated carbocycles. The summed E-state index contributed by atoms with van der Waals surface area (Å²) >= 11 is 0. The first-order valence-corrected chi connectivity index (χ1v) is 11.4. The predicted molar refractivity (Wildman–Crippen MR) is 132 cm³/mol. The summed E-state index contributed by atoms with van der Waals surface area (Å²) in [6, 6.07) is 14.4. The maximum Gasteiger partial charge on any atom is 0.282 e. The largest absolute Gasteiger partial charge is 0.340 e. The highest BCUT2D eigenvalue weighted by molar-refractivity contribution is 6.00. The summed E-state index contributed by atoms with van der Waals surface area (Å²) in [6.07, 6.45) is 4.59. The Morgan fingerprint density at radius 1 is 1.03 bits per heavy atom. The van der Waals surface area contributed by atoms with Crippen LogP contribution in [0.3, 0.4) is 0 Å². The molecule has 11 heteroatoms. The molecule has 1 saturated heterocycles. The molecule has 2 aromatic carbocycles. The highest BCUT2D eigenvalue weighted by Crippen LogP contribution is 2.31. The van der Waals surface area contributed by atoms with Crippen LogP contribution in [0.2, 0.25) is 0 Å². The van der Waals surface area contributed by atoms with Gasteiger partial charge in [-0.15, -0.1) is 0 Å². The third-order valence-corrected chi connectivity index (χ3v) is 6.38. The van der Waals surface area contributed by atoms with Crippen LogP contribution >= 0.6 is 0 Å². The first-order chi connectivity index (χ1) is 17.8. The number of hydrogen-bond acceptors (Lipinski definition) is 5. The topological polar surface area (TPSA) is 91.7 Å². The van der Waals surface area contributed by atoms with E-state index in [-0.39, 0.29) is 11.6 Å². The van der Waals surface area contributed by atoms with Gasteiger partial charge in [-0.05, 0) is 29.8 Å². The van der Waals surface area contributed by atoms with Gasteiger partial charge in [-0.25, -0.2) is 23.1 Å². The number of aromatic nitrogens is 5. The average Bonchev–Trinajstić information content (AvgIpc) is 3.52. The summed E-state index contributed by atoms with van der Waals surface area (Å²) in [5.41, 5.74) is 4.16.